The molecule has 0 aliphatic carbocycles. The molecule has 0 amide bonds. The number of carbonyl (C=O) groups excluding carboxylic acids is 1. The average Bonchev–Trinajstić information content (AvgIpc) is 3.33. The molecule has 1 fully saturated rings. The van der Waals surface area contributed by atoms with E-state index in [1.54, 1.807) is 19.1 Å². The van der Waals surface area contributed by atoms with E-state index in [0.717, 1.165) is 5.56 Å². The number of rotatable bonds is 3. The van der Waals surface area contributed by atoms with E-state index < -0.39 is 5.97 Å². The minimum Gasteiger partial charge on any atom is -0.462 e. The normalized spacial score (nSPS) is 19.3. The van der Waals surface area contributed by atoms with Crippen LogP contribution < -0.4 is 11.2 Å². The average molecular weight is 340 g/mol. The van der Waals surface area contributed by atoms with Gasteiger partial charge in [0.05, 0.1) is 24.0 Å². The Bertz CT molecular complexity index is 1080. The number of anilines is 1. The van der Waals surface area contributed by atoms with Crippen LogP contribution in [0.2, 0.25) is 0 Å². The number of nitrogens with two attached hydrogens (primary N) is 1. The van der Waals surface area contributed by atoms with E-state index in [4.69, 9.17) is 19.6 Å². The molecular formula is C18H16N2O5. The fourth-order valence-electron chi connectivity index (χ4n) is 2.77. The molecule has 2 N–H and O–H groups in total. The van der Waals surface area contributed by atoms with Gasteiger partial charge in [-0.1, -0.05) is 6.07 Å². The number of pyridine rings is 1. The Morgan fingerprint density at radius 3 is 2.80 bits per heavy atom. The van der Waals surface area contributed by atoms with Gasteiger partial charge in [-0.25, -0.2) is 4.79 Å². The van der Waals surface area contributed by atoms with Gasteiger partial charge >= 0.3 is 5.97 Å². The topological polar surface area (TPSA) is 108 Å². The van der Waals surface area contributed by atoms with Gasteiger partial charge in [0, 0.05) is 0 Å². The van der Waals surface area contributed by atoms with E-state index in [2.05, 4.69) is 4.98 Å². The van der Waals surface area contributed by atoms with Gasteiger partial charge in [-0.2, -0.15) is 4.98 Å². The summed E-state index contributed by atoms with van der Waals surface area (Å²) in [5.74, 6) is -0.662. The Labute approximate surface area is 142 Å². The van der Waals surface area contributed by atoms with Crippen LogP contribution in [-0.2, 0) is 15.1 Å². The van der Waals surface area contributed by atoms with Crippen LogP contribution in [0.15, 0.2) is 33.5 Å². The van der Waals surface area contributed by atoms with Crippen LogP contribution >= 0.6 is 0 Å². The van der Waals surface area contributed by atoms with E-state index in [9.17, 15) is 9.59 Å². The fourth-order valence-corrected chi connectivity index (χ4v) is 2.77. The Balaban J connectivity index is 1.97. The quantitative estimate of drug-likeness (QED) is 0.443. The van der Waals surface area contributed by atoms with Gasteiger partial charge in [0.15, 0.2) is 0 Å². The first-order valence-electron chi connectivity index (χ1n) is 7.91. The lowest BCUT2D eigenvalue weighted by Crippen LogP contribution is -2.12. The zero-order valence-corrected chi connectivity index (χ0v) is 13.8. The molecule has 1 aromatic carbocycles. The lowest BCUT2D eigenvalue weighted by Gasteiger charge is -2.09. The molecule has 1 saturated heterocycles. The predicted octanol–water partition coefficient (Wildman–Crippen LogP) is 2.35. The van der Waals surface area contributed by atoms with Crippen molar-refractivity contribution in [1.82, 2.24) is 4.98 Å². The molecule has 2 aromatic heterocycles. The third-order valence-corrected chi connectivity index (χ3v) is 4.38. The summed E-state index contributed by atoms with van der Waals surface area (Å²) in [6.45, 7) is 4.46. The number of epoxide rings is 1. The van der Waals surface area contributed by atoms with Crippen molar-refractivity contribution in [1.29, 1.82) is 0 Å². The van der Waals surface area contributed by atoms with Crippen LogP contribution in [0.4, 0.5) is 5.82 Å². The summed E-state index contributed by atoms with van der Waals surface area (Å²) in [6.07, 6.45) is 0. The van der Waals surface area contributed by atoms with E-state index in [1.807, 2.05) is 13.0 Å². The number of fused-ring (bicyclic) bond motifs is 2. The fraction of sp³-hybridized carbons (Fsp3) is 0.278. The largest absolute Gasteiger partial charge is 0.462 e. The molecule has 0 bridgehead atoms. The summed E-state index contributed by atoms with van der Waals surface area (Å²) in [7, 11) is 0. The summed E-state index contributed by atoms with van der Waals surface area (Å²) < 4.78 is 16.1. The third kappa shape index (κ3) is 2.44. The maximum absolute atomic E-state index is 12.9. The molecule has 128 valence electrons. The van der Waals surface area contributed by atoms with Crippen molar-refractivity contribution < 1.29 is 18.7 Å². The maximum atomic E-state index is 12.9. The molecule has 1 unspecified atom stereocenters. The highest BCUT2D eigenvalue weighted by Gasteiger charge is 2.41. The number of aromatic nitrogens is 1. The van der Waals surface area contributed by atoms with Crippen LogP contribution in [0.3, 0.4) is 0 Å². The Morgan fingerprint density at radius 1 is 1.36 bits per heavy atom. The highest BCUT2D eigenvalue weighted by Crippen LogP contribution is 2.38. The molecular weight excluding hydrogens is 324 g/mol. The zero-order valence-electron chi connectivity index (χ0n) is 13.8. The first-order chi connectivity index (χ1) is 11.9. The Kier molecular flexibility index (Phi) is 3.30. The van der Waals surface area contributed by atoms with Crippen molar-refractivity contribution in [3.8, 4) is 0 Å². The Hall–Kier alpha value is -2.93. The molecule has 3 heterocycles. The van der Waals surface area contributed by atoms with E-state index in [-0.39, 0.29) is 40.1 Å². The summed E-state index contributed by atoms with van der Waals surface area (Å²) in [6, 6.07) is 6.72. The second kappa shape index (κ2) is 5.29. The minimum absolute atomic E-state index is 0.0380. The van der Waals surface area contributed by atoms with Gasteiger partial charge < -0.3 is 19.6 Å². The number of benzene rings is 1. The van der Waals surface area contributed by atoms with Crippen LogP contribution in [0.5, 0.6) is 0 Å². The first kappa shape index (κ1) is 15.6. The summed E-state index contributed by atoms with van der Waals surface area (Å²) in [5, 5.41) is 0.590. The highest BCUT2D eigenvalue weighted by atomic mass is 16.6. The van der Waals surface area contributed by atoms with Gasteiger partial charge in [-0.3, -0.25) is 4.79 Å². The first-order valence-corrected chi connectivity index (χ1v) is 7.91. The standard InChI is InChI=1S/C18H16N2O5/c1-3-23-17(22)12-7-11-14(21)10-6-9(18(2)8-24-18)4-5-13(10)25-16(11)20-15(12)19/h4-7H,3,8H2,1-2H3,(H2,19,20). The minimum atomic E-state index is -0.624. The summed E-state index contributed by atoms with van der Waals surface area (Å²) >= 11 is 0. The van der Waals surface area contributed by atoms with Gasteiger partial charge in [-0.05, 0) is 37.6 Å². The second-order valence-corrected chi connectivity index (χ2v) is 6.16. The number of carbonyl (C=O) groups is 1. The molecule has 1 atom stereocenters. The molecule has 0 radical (unpaired) electrons. The van der Waals surface area contributed by atoms with Crippen molar-refractivity contribution in [3.05, 3.63) is 45.6 Å². The van der Waals surface area contributed by atoms with Crippen molar-refractivity contribution in [2.75, 3.05) is 18.9 Å². The number of nitrogen functional groups attached to an aromatic ring is 1. The van der Waals surface area contributed by atoms with E-state index in [0.29, 0.717) is 17.6 Å². The van der Waals surface area contributed by atoms with Gasteiger partial charge in [0.2, 0.25) is 11.1 Å². The molecule has 0 saturated carbocycles. The molecule has 3 aromatic rings. The third-order valence-electron chi connectivity index (χ3n) is 4.38. The smallest absolute Gasteiger partial charge is 0.341 e. The lowest BCUT2D eigenvalue weighted by molar-refractivity contribution is 0.0527. The lowest BCUT2D eigenvalue weighted by atomic mass is 10.00. The second-order valence-electron chi connectivity index (χ2n) is 6.16. The van der Waals surface area contributed by atoms with Crippen LogP contribution in [0, 0.1) is 0 Å². The van der Waals surface area contributed by atoms with E-state index in [1.165, 1.54) is 6.07 Å². The number of ether oxygens (including phenoxy) is 2. The molecule has 7 nitrogen and oxygen atoms in total. The Morgan fingerprint density at radius 2 is 2.12 bits per heavy atom. The van der Waals surface area contributed by atoms with Crippen molar-refractivity contribution in [2.45, 2.75) is 19.4 Å². The molecule has 4 rings (SSSR count). The SMILES string of the molecule is CCOC(=O)c1cc2c(=O)c3cc(C4(C)CO4)ccc3oc2nc1N. The number of nitrogens with zero attached hydrogens (tertiary/aromatic N) is 1. The van der Waals surface area contributed by atoms with Gasteiger partial charge in [0.25, 0.3) is 0 Å². The van der Waals surface area contributed by atoms with Crippen LogP contribution in [0.1, 0.15) is 29.8 Å². The number of hydrogen-bond acceptors (Lipinski definition) is 7. The van der Waals surface area contributed by atoms with Crippen molar-refractivity contribution in [2.24, 2.45) is 0 Å². The van der Waals surface area contributed by atoms with Crippen LogP contribution in [0.25, 0.3) is 22.1 Å². The summed E-state index contributed by atoms with van der Waals surface area (Å²) in [4.78, 5) is 28.9. The zero-order chi connectivity index (χ0) is 17.8. The number of hydrogen-bond donors (Lipinski definition) is 1. The van der Waals surface area contributed by atoms with E-state index >= 15 is 0 Å². The molecule has 7 heteroatoms. The molecule has 0 spiro atoms. The van der Waals surface area contributed by atoms with Crippen LogP contribution in [-0.4, -0.2) is 24.2 Å². The predicted molar refractivity (Wildman–Crippen MR) is 91.5 cm³/mol. The monoisotopic (exact) mass is 340 g/mol. The molecule has 1 aliphatic rings. The van der Waals surface area contributed by atoms with Crippen molar-refractivity contribution in [3.63, 3.8) is 0 Å². The van der Waals surface area contributed by atoms with Crippen molar-refractivity contribution >= 4 is 33.9 Å². The van der Waals surface area contributed by atoms with Gasteiger partial charge in [0.1, 0.15) is 22.6 Å². The maximum Gasteiger partial charge on any atom is 0.341 e. The summed E-state index contributed by atoms with van der Waals surface area (Å²) in [5.41, 5.74) is 6.62. The molecule has 25 heavy (non-hydrogen) atoms. The molecule has 1 aliphatic heterocycles. The van der Waals surface area contributed by atoms with Gasteiger partial charge in [-0.15, -0.1) is 0 Å². The highest BCUT2D eigenvalue weighted by molar-refractivity contribution is 5.99. The number of esters is 1.